The molecule has 2 aromatic rings. The van der Waals surface area contributed by atoms with Crippen molar-refractivity contribution in [1.82, 2.24) is 20.1 Å². The fourth-order valence-electron chi connectivity index (χ4n) is 3.01. The number of carbonyl (C=O) groups excluding carboxylic acids is 1. The first-order valence-corrected chi connectivity index (χ1v) is 8.20. The number of aromatic nitrogens is 3. The molecule has 8 heteroatoms. The molecule has 0 spiro atoms. The van der Waals surface area contributed by atoms with E-state index in [2.05, 4.69) is 15.4 Å². The number of aliphatic carboxylic acids is 1. The molecule has 136 valence electrons. The van der Waals surface area contributed by atoms with E-state index in [0.29, 0.717) is 17.5 Å². The number of rotatable bonds is 6. The van der Waals surface area contributed by atoms with Gasteiger partial charge in [-0.15, -0.1) is 0 Å². The van der Waals surface area contributed by atoms with Gasteiger partial charge in [-0.05, 0) is 37.3 Å². The second-order valence-corrected chi connectivity index (χ2v) is 6.63. The maximum atomic E-state index is 12.1. The molecule has 0 bridgehead atoms. The van der Waals surface area contributed by atoms with E-state index < -0.39 is 12.0 Å². The third kappa shape index (κ3) is 3.72. The van der Waals surface area contributed by atoms with Crippen molar-refractivity contribution in [2.24, 2.45) is 13.0 Å². The van der Waals surface area contributed by atoms with E-state index in [4.69, 9.17) is 5.11 Å². The maximum absolute atomic E-state index is 12.1. The summed E-state index contributed by atoms with van der Waals surface area (Å²) in [4.78, 5) is 39.8. The Bertz CT molecular complexity index is 879. The number of nitrogens with zero attached hydrogens (tertiary/aromatic N) is 2. The summed E-state index contributed by atoms with van der Waals surface area (Å²) in [5, 5.41) is 14.9. The molecule has 25 heavy (non-hydrogen) atoms. The summed E-state index contributed by atoms with van der Waals surface area (Å²) in [6.45, 7) is 7.17. The van der Waals surface area contributed by atoms with Gasteiger partial charge in [-0.25, -0.2) is 9.78 Å². The van der Waals surface area contributed by atoms with Gasteiger partial charge in [0.05, 0.1) is 5.39 Å². The lowest BCUT2D eigenvalue weighted by Crippen LogP contribution is -2.44. The average molecular weight is 348 g/mol. The Hall–Kier alpha value is -2.64. The Labute approximate surface area is 145 Å². The number of carboxylic acids is 1. The molecule has 0 radical (unpaired) electrons. The molecule has 2 heterocycles. The fourth-order valence-corrected chi connectivity index (χ4v) is 3.01. The van der Waals surface area contributed by atoms with E-state index in [-0.39, 0.29) is 23.8 Å². The number of H-pyrrole nitrogens is 1. The Morgan fingerprint density at radius 1 is 1.32 bits per heavy atom. The van der Waals surface area contributed by atoms with Crippen molar-refractivity contribution in [2.75, 3.05) is 0 Å². The minimum atomic E-state index is -1.05. The zero-order valence-electron chi connectivity index (χ0n) is 15.1. The molecule has 0 saturated heterocycles. The van der Waals surface area contributed by atoms with Crippen LogP contribution in [0, 0.1) is 19.8 Å². The molecule has 1 atom stereocenters. The highest BCUT2D eigenvalue weighted by Gasteiger charge is 2.23. The topological polar surface area (TPSA) is 117 Å². The summed E-state index contributed by atoms with van der Waals surface area (Å²) in [6, 6.07) is -0.910. The van der Waals surface area contributed by atoms with Crippen LogP contribution in [0.25, 0.3) is 11.0 Å². The average Bonchev–Trinajstić information content (AvgIpc) is 2.78. The molecule has 0 aromatic carbocycles. The summed E-state index contributed by atoms with van der Waals surface area (Å²) in [6.07, 6.45) is 0.529. The highest BCUT2D eigenvalue weighted by atomic mass is 16.4. The third-order valence-corrected chi connectivity index (χ3v) is 4.43. The van der Waals surface area contributed by atoms with Crippen LogP contribution >= 0.6 is 0 Å². The lowest BCUT2D eigenvalue weighted by atomic mass is 9.99. The summed E-state index contributed by atoms with van der Waals surface area (Å²) >= 11 is 0. The van der Waals surface area contributed by atoms with Crippen LogP contribution in [0.2, 0.25) is 0 Å². The van der Waals surface area contributed by atoms with Crippen LogP contribution < -0.4 is 10.9 Å². The molecular formula is C17H24N4O4. The predicted molar refractivity (Wildman–Crippen MR) is 93.5 cm³/mol. The molecular weight excluding hydrogens is 324 g/mol. The van der Waals surface area contributed by atoms with Gasteiger partial charge in [0.25, 0.3) is 5.56 Å². The van der Waals surface area contributed by atoms with Gasteiger partial charge >= 0.3 is 5.97 Å². The second-order valence-electron chi connectivity index (χ2n) is 6.63. The summed E-state index contributed by atoms with van der Waals surface area (Å²) in [5.74, 6) is -1.58. The Kier molecular flexibility index (Phi) is 5.30. The minimum Gasteiger partial charge on any atom is -0.480 e. The number of fused-ring (bicyclic) bond motifs is 1. The van der Waals surface area contributed by atoms with E-state index in [9.17, 15) is 14.4 Å². The summed E-state index contributed by atoms with van der Waals surface area (Å²) in [5.41, 5.74) is 2.77. The highest BCUT2D eigenvalue weighted by molar-refractivity contribution is 5.84. The fraction of sp³-hybridized carbons (Fsp3) is 0.529. The van der Waals surface area contributed by atoms with Crippen molar-refractivity contribution in [1.29, 1.82) is 0 Å². The molecule has 2 rings (SSSR count). The highest BCUT2D eigenvalue weighted by Crippen LogP contribution is 2.21. The maximum Gasteiger partial charge on any atom is 0.326 e. The van der Waals surface area contributed by atoms with Crippen LogP contribution in [0.3, 0.4) is 0 Å². The van der Waals surface area contributed by atoms with Gasteiger partial charge < -0.3 is 10.4 Å². The van der Waals surface area contributed by atoms with Gasteiger partial charge in [0.15, 0.2) is 5.65 Å². The lowest BCUT2D eigenvalue weighted by molar-refractivity contribution is -0.143. The molecule has 1 amide bonds. The first-order chi connectivity index (χ1) is 11.6. The molecule has 0 aliphatic heterocycles. The largest absolute Gasteiger partial charge is 0.480 e. The Morgan fingerprint density at radius 3 is 2.52 bits per heavy atom. The zero-order valence-corrected chi connectivity index (χ0v) is 15.1. The first-order valence-electron chi connectivity index (χ1n) is 8.20. The number of carboxylic acid groups (broad SMARTS) is 1. The predicted octanol–water partition coefficient (Wildman–Crippen LogP) is 1.04. The van der Waals surface area contributed by atoms with Gasteiger partial charge in [0.1, 0.15) is 6.04 Å². The second kappa shape index (κ2) is 7.08. The van der Waals surface area contributed by atoms with Crippen molar-refractivity contribution >= 4 is 22.9 Å². The standard InChI is InChI=1S/C17H24N4O4/c1-8(2)14(17(24)25)19-12(22)7-6-11-9(3)13-15(18-10(11)4)21(5)20-16(13)23/h8,14H,6-7H2,1-5H3,(H,19,22)(H,20,23)(H,24,25)/t14-/m0/s1. The smallest absolute Gasteiger partial charge is 0.326 e. The molecule has 0 aliphatic carbocycles. The number of aromatic amines is 1. The van der Waals surface area contributed by atoms with Crippen LogP contribution in [0.4, 0.5) is 0 Å². The number of aryl methyl sites for hydroxylation is 3. The minimum absolute atomic E-state index is 0.135. The normalized spacial score (nSPS) is 12.6. The van der Waals surface area contributed by atoms with E-state index in [1.54, 1.807) is 25.6 Å². The van der Waals surface area contributed by atoms with Gasteiger partial charge in [-0.3, -0.25) is 19.4 Å². The SMILES string of the molecule is Cc1nc2c(c(C)c1CCC(=O)N[C@H](C(=O)O)C(C)C)c(=O)[nH]n2C. The van der Waals surface area contributed by atoms with Crippen molar-refractivity contribution in [3.05, 3.63) is 27.2 Å². The van der Waals surface area contributed by atoms with E-state index in [1.807, 2.05) is 13.8 Å². The summed E-state index contributed by atoms with van der Waals surface area (Å²) < 4.78 is 1.58. The first kappa shape index (κ1) is 18.7. The lowest BCUT2D eigenvalue weighted by Gasteiger charge is -2.18. The Morgan fingerprint density at radius 2 is 1.96 bits per heavy atom. The number of amides is 1. The molecule has 0 fully saturated rings. The van der Waals surface area contributed by atoms with Crippen molar-refractivity contribution < 1.29 is 14.7 Å². The van der Waals surface area contributed by atoms with Crippen LogP contribution in [-0.2, 0) is 23.1 Å². The zero-order chi connectivity index (χ0) is 18.9. The van der Waals surface area contributed by atoms with E-state index in [0.717, 1.165) is 16.8 Å². The molecule has 8 nitrogen and oxygen atoms in total. The van der Waals surface area contributed by atoms with Crippen LogP contribution in [0.1, 0.15) is 37.1 Å². The molecule has 2 aromatic heterocycles. The van der Waals surface area contributed by atoms with Crippen LogP contribution in [0.5, 0.6) is 0 Å². The van der Waals surface area contributed by atoms with Gasteiger partial charge in [-0.1, -0.05) is 13.8 Å². The number of hydrogen-bond donors (Lipinski definition) is 3. The quantitative estimate of drug-likeness (QED) is 0.721. The Balaban J connectivity index is 2.21. The van der Waals surface area contributed by atoms with Gasteiger partial charge in [0.2, 0.25) is 5.91 Å². The van der Waals surface area contributed by atoms with Gasteiger partial charge in [0, 0.05) is 19.2 Å². The monoisotopic (exact) mass is 348 g/mol. The van der Waals surface area contributed by atoms with Crippen LogP contribution in [0.15, 0.2) is 4.79 Å². The molecule has 0 saturated carbocycles. The van der Waals surface area contributed by atoms with Crippen molar-refractivity contribution in [3.8, 4) is 0 Å². The van der Waals surface area contributed by atoms with E-state index in [1.165, 1.54) is 0 Å². The molecule has 0 unspecified atom stereocenters. The van der Waals surface area contributed by atoms with Gasteiger partial charge in [-0.2, -0.15) is 0 Å². The number of carbonyl (C=O) groups is 2. The molecule has 3 N–H and O–H groups in total. The van der Waals surface area contributed by atoms with E-state index >= 15 is 0 Å². The number of nitrogens with one attached hydrogen (secondary N) is 2. The summed E-state index contributed by atoms with van der Waals surface area (Å²) in [7, 11) is 1.72. The van der Waals surface area contributed by atoms with Crippen LogP contribution in [-0.4, -0.2) is 37.8 Å². The van der Waals surface area contributed by atoms with Crippen molar-refractivity contribution in [3.63, 3.8) is 0 Å². The number of hydrogen-bond acceptors (Lipinski definition) is 4. The van der Waals surface area contributed by atoms with Crippen molar-refractivity contribution in [2.45, 2.75) is 46.6 Å². The third-order valence-electron chi connectivity index (χ3n) is 4.43. The molecule has 0 aliphatic rings. The number of pyridine rings is 1.